The fourth-order valence-electron chi connectivity index (χ4n) is 1.83. The smallest absolute Gasteiger partial charge is 0.191 e. The summed E-state index contributed by atoms with van der Waals surface area (Å²) in [6.07, 6.45) is 0. The Morgan fingerprint density at radius 3 is 2.55 bits per heavy atom. The van der Waals surface area contributed by atoms with Gasteiger partial charge in [0.25, 0.3) is 0 Å². The summed E-state index contributed by atoms with van der Waals surface area (Å²) in [5, 5.41) is 20.9. The van der Waals surface area contributed by atoms with Crippen LogP contribution in [0.25, 0.3) is 0 Å². The number of aliphatic hydroxyl groups is 1. The van der Waals surface area contributed by atoms with Crippen LogP contribution in [0.15, 0.2) is 40.0 Å². The molecule has 22 heavy (non-hydrogen) atoms. The van der Waals surface area contributed by atoms with Crippen LogP contribution in [0, 0.1) is 0 Å². The van der Waals surface area contributed by atoms with Gasteiger partial charge < -0.3 is 15.7 Å². The average molecular weight is 451 g/mol. The van der Waals surface area contributed by atoms with Crippen LogP contribution in [0.3, 0.4) is 0 Å². The molecular weight excluding hydrogens is 429 g/mol. The molecule has 0 aromatic carbocycles. The van der Waals surface area contributed by atoms with Gasteiger partial charge in [-0.2, -0.15) is 0 Å². The van der Waals surface area contributed by atoms with Crippen molar-refractivity contribution in [2.75, 3.05) is 13.1 Å². The number of thiophene rings is 2. The maximum atomic E-state index is 10.5. The maximum Gasteiger partial charge on any atom is 0.191 e. The van der Waals surface area contributed by atoms with Crippen molar-refractivity contribution < 1.29 is 5.11 Å². The van der Waals surface area contributed by atoms with E-state index in [-0.39, 0.29) is 24.0 Å². The molecule has 0 saturated heterocycles. The van der Waals surface area contributed by atoms with Crippen molar-refractivity contribution in [3.63, 3.8) is 0 Å². The van der Waals surface area contributed by atoms with Crippen LogP contribution in [0.1, 0.15) is 23.6 Å². The summed E-state index contributed by atoms with van der Waals surface area (Å²) in [6, 6.07) is 7.99. The minimum Gasteiger partial charge on any atom is -0.383 e. The molecule has 1 atom stereocenters. The molecule has 0 saturated carbocycles. The highest BCUT2D eigenvalue weighted by atomic mass is 127. The summed E-state index contributed by atoms with van der Waals surface area (Å²) in [5.74, 6) is 0.725. The molecule has 0 amide bonds. The zero-order valence-electron chi connectivity index (χ0n) is 12.7. The second kappa shape index (κ2) is 9.49. The van der Waals surface area contributed by atoms with E-state index in [9.17, 15) is 5.11 Å². The SMILES string of the molecule is CCNC(=NCc1cccs1)NCC(C)(O)c1cccs1.I. The molecule has 0 spiro atoms. The summed E-state index contributed by atoms with van der Waals surface area (Å²) in [5.41, 5.74) is -0.896. The summed E-state index contributed by atoms with van der Waals surface area (Å²) >= 11 is 3.25. The molecule has 0 radical (unpaired) electrons. The summed E-state index contributed by atoms with van der Waals surface area (Å²) in [7, 11) is 0. The molecule has 3 N–H and O–H groups in total. The largest absolute Gasteiger partial charge is 0.383 e. The molecule has 2 aromatic rings. The highest BCUT2D eigenvalue weighted by Gasteiger charge is 2.24. The molecule has 0 aliphatic heterocycles. The maximum absolute atomic E-state index is 10.5. The van der Waals surface area contributed by atoms with Gasteiger partial charge in [0.2, 0.25) is 0 Å². The number of hydrogen-bond acceptors (Lipinski definition) is 4. The standard InChI is InChI=1S/C15H21N3OS2.HI/c1-3-16-14(17-10-12-6-4-8-20-12)18-11-15(2,19)13-7-5-9-21-13;/h4-9,19H,3,10-11H2,1-2H3,(H2,16,17,18);1H. The lowest BCUT2D eigenvalue weighted by atomic mass is 10.1. The molecule has 0 fully saturated rings. The van der Waals surface area contributed by atoms with Crippen molar-refractivity contribution in [1.82, 2.24) is 10.6 Å². The van der Waals surface area contributed by atoms with Gasteiger partial charge in [0, 0.05) is 16.3 Å². The van der Waals surface area contributed by atoms with Crippen LogP contribution in [0.5, 0.6) is 0 Å². The van der Waals surface area contributed by atoms with E-state index in [1.54, 1.807) is 22.7 Å². The summed E-state index contributed by atoms with van der Waals surface area (Å²) in [6.45, 7) is 5.70. The topological polar surface area (TPSA) is 56.7 Å². The molecule has 4 nitrogen and oxygen atoms in total. The summed E-state index contributed by atoms with van der Waals surface area (Å²) < 4.78 is 0. The monoisotopic (exact) mass is 451 g/mol. The van der Waals surface area contributed by atoms with E-state index in [1.165, 1.54) is 4.88 Å². The molecule has 2 rings (SSSR count). The third-order valence-corrected chi connectivity index (χ3v) is 4.95. The number of guanidine groups is 1. The van der Waals surface area contributed by atoms with Crippen molar-refractivity contribution in [3.05, 3.63) is 44.8 Å². The first-order valence-electron chi connectivity index (χ1n) is 6.93. The van der Waals surface area contributed by atoms with Crippen LogP contribution in [-0.2, 0) is 12.1 Å². The first-order valence-corrected chi connectivity index (χ1v) is 8.68. The van der Waals surface area contributed by atoms with Crippen LogP contribution in [0.2, 0.25) is 0 Å². The van der Waals surface area contributed by atoms with Crippen molar-refractivity contribution in [3.8, 4) is 0 Å². The molecule has 1 unspecified atom stereocenters. The van der Waals surface area contributed by atoms with Crippen LogP contribution in [-0.4, -0.2) is 24.2 Å². The molecule has 0 bridgehead atoms. The molecule has 0 aliphatic rings. The zero-order chi connectivity index (χ0) is 15.1. The Morgan fingerprint density at radius 2 is 1.95 bits per heavy atom. The first kappa shape index (κ1) is 19.4. The van der Waals surface area contributed by atoms with Gasteiger partial charge >= 0.3 is 0 Å². The highest BCUT2D eigenvalue weighted by molar-refractivity contribution is 14.0. The van der Waals surface area contributed by atoms with E-state index >= 15 is 0 Å². The Kier molecular flexibility index (Phi) is 8.37. The molecule has 7 heteroatoms. The van der Waals surface area contributed by atoms with Gasteiger partial charge in [-0.3, -0.25) is 0 Å². The van der Waals surface area contributed by atoms with Gasteiger partial charge in [0.05, 0.1) is 13.1 Å². The van der Waals surface area contributed by atoms with Crippen molar-refractivity contribution in [2.24, 2.45) is 4.99 Å². The molecule has 0 aliphatic carbocycles. The van der Waals surface area contributed by atoms with Crippen molar-refractivity contribution in [1.29, 1.82) is 0 Å². The Hall–Kier alpha value is -0.640. The second-order valence-corrected chi connectivity index (χ2v) is 6.86. The van der Waals surface area contributed by atoms with E-state index in [1.807, 2.05) is 42.8 Å². The van der Waals surface area contributed by atoms with Gasteiger partial charge in [0.15, 0.2) is 5.96 Å². The number of rotatable bonds is 6. The number of nitrogens with one attached hydrogen (secondary N) is 2. The zero-order valence-corrected chi connectivity index (χ0v) is 16.7. The summed E-state index contributed by atoms with van der Waals surface area (Å²) in [4.78, 5) is 6.71. The second-order valence-electron chi connectivity index (χ2n) is 4.88. The highest BCUT2D eigenvalue weighted by Crippen LogP contribution is 2.24. The fraction of sp³-hybridized carbons (Fsp3) is 0.400. The molecule has 122 valence electrons. The van der Waals surface area contributed by atoms with Crippen LogP contribution >= 0.6 is 46.7 Å². The lowest BCUT2D eigenvalue weighted by molar-refractivity contribution is 0.0655. The van der Waals surface area contributed by atoms with Gasteiger partial charge in [-0.1, -0.05) is 12.1 Å². The van der Waals surface area contributed by atoms with E-state index in [0.29, 0.717) is 13.1 Å². The van der Waals surface area contributed by atoms with Crippen LogP contribution in [0.4, 0.5) is 0 Å². The van der Waals surface area contributed by atoms with Crippen molar-refractivity contribution >= 4 is 52.6 Å². The van der Waals surface area contributed by atoms with Gasteiger partial charge in [-0.05, 0) is 36.7 Å². The Morgan fingerprint density at radius 1 is 1.23 bits per heavy atom. The Bertz CT molecular complexity index is 553. The minimum absolute atomic E-state index is 0. The minimum atomic E-state index is -0.896. The molecular formula is C15H22IN3OS2. The number of halogens is 1. The van der Waals surface area contributed by atoms with E-state index in [2.05, 4.69) is 21.7 Å². The predicted molar refractivity (Wildman–Crippen MR) is 106 cm³/mol. The third kappa shape index (κ3) is 5.86. The van der Waals surface area contributed by atoms with E-state index in [0.717, 1.165) is 17.4 Å². The quantitative estimate of drug-likeness (QED) is 0.359. The lowest BCUT2D eigenvalue weighted by Gasteiger charge is -2.23. The average Bonchev–Trinajstić information content (AvgIpc) is 3.14. The molecule has 2 aromatic heterocycles. The lowest BCUT2D eigenvalue weighted by Crippen LogP contribution is -2.44. The first-order chi connectivity index (χ1) is 10.1. The Balaban J connectivity index is 0.00000242. The number of aliphatic imine (C=N–C) groups is 1. The van der Waals surface area contributed by atoms with Crippen molar-refractivity contribution in [2.45, 2.75) is 26.0 Å². The van der Waals surface area contributed by atoms with Crippen LogP contribution < -0.4 is 10.6 Å². The van der Waals surface area contributed by atoms with E-state index in [4.69, 9.17) is 0 Å². The van der Waals surface area contributed by atoms with Gasteiger partial charge in [-0.15, -0.1) is 46.7 Å². The number of hydrogen-bond donors (Lipinski definition) is 3. The third-order valence-electron chi connectivity index (χ3n) is 2.97. The molecule has 2 heterocycles. The fourth-order valence-corrected chi connectivity index (χ4v) is 3.24. The van der Waals surface area contributed by atoms with Gasteiger partial charge in [0.1, 0.15) is 5.60 Å². The predicted octanol–water partition coefficient (Wildman–Crippen LogP) is 3.39. The van der Waals surface area contributed by atoms with Gasteiger partial charge in [-0.25, -0.2) is 4.99 Å². The number of nitrogens with zero attached hydrogens (tertiary/aromatic N) is 1. The normalized spacial score (nSPS) is 14.0. The Labute approximate surface area is 156 Å². The van der Waals surface area contributed by atoms with E-state index < -0.39 is 5.60 Å².